The van der Waals surface area contributed by atoms with Crippen molar-refractivity contribution in [3.05, 3.63) is 17.0 Å². The number of hydrogen-bond acceptors (Lipinski definition) is 3. The van der Waals surface area contributed by atoms with Crippen molar-refractivity contribution in [2.75, 3.05) is 18.0 Å². The lowest BCUT2D eigenvalue weighted by atomic mass is 9.68. The number of anilines is 1. The molecule has 2 fully saturated rings. The Labute approximate surface area is 120 Å². The second-order valence-corrected chi connectivity index (χ2v) is 6.52. The Morgan fingerprint density at radius 1 is 1.05 bits per heavy atom. The molecule has 104 valence electrons. The molecule has 3 rings (SSSR count). The number of piperidine rings is 1. The van der Waals surface area contributed by atoms with E-state index >= 15 is 0 Å². The van der Waals surface area contributed by atoms with Crippen molar-refractivity contribution in [1.82, 2.24) is 9.97 Å². The smallest absolute Gasteiger partial charge is 0.137 e. The highest BCUT2D eigenvalue weighted by molar-refractivity contribution is 6.30. The minimum Gasteiger partial charge on any atom is -0.356 e. The van der Waals surface area contributed by atoms with Crippen molar-refractivity contribution in [3.8, 4) is 0 Å². The first-order chi connectivity index (χ1) is 9.20. The lowest BCUT2D eigenvalue weighted by Crippen LogP contribution is -2.41. The first kappa shape index (κ1) is 13.2. The molecule has 1 aromatic rings. The Bertz CT molecular complexity index is 445. The van der Waals surface area contributed by atoms with Gasteiger partial charge in [-0.25, -0.2) is 9.97 Å². The fraction of sp³-hybridized carbons (Fsp3) is 0.733. The molecule has 1 aliphatic heterocycles. The Balaban J connectivity index is 1.71. The average Bonchev–Trinajstić information content (AvgIpc) is 2.44. The first-order valence-electron chi connectivity index (χ1n) is 7.42. The summed E-state index contributed by atoms with van der Waals surface area (Å²) in [6.07, 6.45) is 11.4. The molecule has 1 aromatic heterocycles. The Hall–Kier alpha value is -0.830. The molecule has 0 unspecified atom stereocenters. The van der Waals surface area contributed by atoms with E-state index in [-0.39, 0.29) is 0 Å². The van der Waals surface area contributed by atoms with E-state index in [1.807, 2.05) is 6.92 Å². The maximum atomic E-state index is 6.10. The van der Waals surface area contributed by atoms with Crippen molar-refractivity contribution in [2.45, 2.75) is 51.9 Å². The zero-order valence-electron chi connectivity index (χ0n) is 11.7. The van der Waals surface area contributed by atoms with Crippen molar-refractivity contribution in [2.24, 2.45) is 5.41 Å². The fourth-order valence-electron chi connectivity index (χ4n) is 3.73. The van der Waals surface area contributed by atoms with Gasteiger partial charge in [-0.2, -0.15) is 0 Å². The molecule has 19 heavy (non-hydrogen) atoms. The Morgan fingerprint density at radius 3 is 2.42 bits per heavy atom. The quantitative estimate of drug-likeness (QED) is 0.728. The SMILES string of the molecule is Cc1c(Cl)ncnc1N1CCC2(CCCCC2)CC1. The third-order valence-electron chi connectivity index (χ3n) is 5.03. The lowest BCUT2D eigenvalue weighted by Gasteiger charge is -2.44. The summed E-state index contributed by atoms with van der Waals surface area (Å²) in [6.45, 7) is 4.25. The molecule has 1 aliphatic carbocycles. The van der Waals surface area contributed by atoms with Crippen molar-refractivity contribution >= 4 is 17.4 Å². The summed E-state index contributed by atoms with van der Waals surface area (Å²) in [7, 11) is 0. The van der Waals surface area contributed by atoms with Gasteiger partial charge < -0.3 is 4.90 Å². The van der Waals surface area contributed by atoms with E-state index in [1.54, 1.807) is 6.33 Å². The van der Waals surface area contributed by atoms with Gasteiger partial charge in [0, 0.05) is 18.7 Å². The molecule has 1 saturated carbocycles. The highest BCUT2D eigenvalue weighted by Gasteiger charge is 2.36. The van der Waals surface area contributed by atoms with Gasteiger partial charge in [0.05, 0.1) is 0 Å². The molecule has 0 radical (unpaired) electrons. The predicted octanol–water partition coefficient (Wildman–Crippen LogP) is 3.99. The number of hydrogen-bond donors (Lipinski definition) is 0. The van der Waals surface area contributed by atoms with Crippen LogP contribution in [0.3, 0.4) is 0 Å². The molecule has 3 nitrogen and oxygen atoms in total. The summed E-state index contributed by atoms with van der Waals surface area (Å²) in [5.41, 5.74) is 1.66. The highest BCUT2D eigenvalue weighted by Crippen LogP contribution is 2.45. The summed E-state index contributed by atoms with van der Waals surface area (Å²) in [4.78, 5) is 10.9. The highest BCUT2D eigenvalue weighted by atomic mass is 35.5. The Kier molecular flexibility index (Phi) is 3.66. The molecule has 2 aliphatic rings. The van der Waals surface area contributed by atoms with Crippen molar-refractivity contribution in [1.29, 1.82) is 0 Å². The van der Waals surface area contributed by atoms with E-state index < -0.39 is 0 Å². The van der Waals surface area contributed by atoms with E-state index in [9.17, 15) is 0 Å². The van der Waals surface area contributed by atoms with Gasteiger partial charge >= 0.3 is 0 Å². The minimum atomic E-state index is 0.586. The van der Waals surface area contributed by atoms with E-state index in [0.29, 0.717) is 10.6 Å². The second-order valence-electron chi connectivity index (χ2n) is 6.16. The van der Waals surface area contributed by atoms with Gasteiger partial charge in [0.25, 0.3) is 0 Å². The zero-order valence-corrected chi connectivity index (χ0v) is 12.4. The van der Waals surface area contributed by atoms with Crippen LogP contribution in [0, 0.1) is 12.3 Å². The standard InChI is InChI=1S/C15H22ClN3/c1-12-13(16)17-11-18-14(12)19-9-7-15(8-10-19)5-3-2-4-6-15/h11H,2-10H2,1H3. The van der Waals surface area contributed by atoms with Gasteiger partial charge in [0.15, 0.2) is 0 Å². The van der Waals surface area contributed by atoms with Crippen molar-refractivity contribution < 1.29 is 0 Å². The molecule has 0 amide bonds. The van der Waals surface area contributed by atoms with Gasteiger partial charge in [-0.05, 0) is 38.0 Å². The van der Waals surface area contributed by atoms with Crippen LogP contribution in [0.25, 0.3) is 0 Å². The third-order valence-corrected chi connectivity index (χ3v) is 5.41. The number of aromatic nitrogens is 2. The summed E-state index contributed by atoms with van der Waals surface area (Å²) in [5.74, 6) is 1.03. The molecule has 1 saturated heterocycles. The van der Waals surface area contributed by atoms with Gasteiger partial charge in [-0.1, -0.05) is 30.9 Å². The van der Waals surface area contributed by atoms with Crippen LogP contribution in [0.2, 0.25) is 5.15 Å². The van der Waals surface area contributed by atoms with E-state index in [1.165, 1.54) is 44.9 Å². The van der Waals surface area contributed by atoms with E-state index in [4.69, 9.17) is 11.6 Å². The van der Waals surface area contributed by atoms with E-state index in [0.717, 1.165) is 24.5 Å². The normalized spacial score (nSPS) is 22.7. The molecular formula is C15H22ClN3. The molecule has 1 spiro atoms. The molecule has 0 bridgehead atoms. The van der Waals surface area contributed by atoms with Crippen LogP contribution in [-0.2, 0) is 0 Å². The van der Waals surface area contributed by atoms with E-state index in [2.05, 4.69) is 14.9 Å². The van der Waals surface area contributed by atoms with Crippen molar-refractivity contribution in [3.63, 3.8) is 0 Å². The molecule has 0 atom stereocenters. The third kappa shape index (κ3) is 2.58. The van der Waals surface area contributed by atoms with Crippen LogP contribution in [0.4, 0.5) is 5.82 Å². The summed E-state index contributed by atoms with van der Waals surface area (Å²) in [5, 5.41) is 0.586. The minimum absolute atomic E-state index is 0.586. The topological polar surface area (TPSA) is 29.0 Å². The number of halogens is 1. The maximum Gasteiger partial charge on any atom is 0.137 e. The lowest BCUT2D eigenvalue weighted by molar-refractivity contribution is 0.144. The van der Waals surface area contributed by atoms with Crippen LogP contribution in [0.1, 0.15) is 50.5 Å². The van der Waals surface area contributed by atoms with Gasteiger partial charge in [0.1, 0.15) is 17.3 Å². The van der Waals surface area contributed by atoms with Gasteiger partial charge in [0.2, 0.25) is 0 Å². The summed E-state index contributed by atoms with van der Waals surface area (Å²) in [6, 6.07) is 0. The molecule has 0 aromatic carbocycles. The molecule has 0 N–H and O–H groups in total. The van der Waals surface area contributed by atoms with Gasteiger partial charge in [-0.3, -0.25) is 0 Å². The second kappa shape index (κ2) is 5.28. The van der Waals surface area contributed by atoms with Crippen LogP contribution < -0.4 is 4.90 Å². The monoisotopic (exact) mass is 279 g/mol. The number of rotatable bonds is 1. The van der Waals surface area contributed by atoms with Crippen LogP contribution >= 0.6 is 11.6 Å². The number of nitrogens with zero attached hydrogens (tertiary/aromatic N) is 3. The Morgan fingerprint density at radius 2 is 1.74 bits per heavy atom. The van der Waals surface area contributed by atoms with Crippen LogP contribution in [-0.4, -0.2) is 23.1 Å². The summed E-state index contributed by atoms with van der Waals surface area (Å²) < 4.78 is 0. The average molecular weight is 280 g/mol. The maximum absolute atomic E-state index is 6.10. The fourth-order valence-corrected chi connectivity index (χ4v) is 3.86. The largest absolute Gasteiger partial charge is 0.356 e. The predicted molar refractivity (Wildman–Crippen MR) is 78.7 cm³/mol. The molecule has 2 heterocycles. The zero-order chi connectivity index (χ0) is 13.3. The molecular weight excluding hydrogens is 258 g/mol. The van der Waals surface area contributed by atoms with Crippen LogP contribution in [0.5, 0.6) is 0 Å². The molecule has 4 heteroatoms. The first-order valence-corrected chi connectivity index (χ1v) is 7.80. The van der Waals surface area contributed by atoms with Crippen LogP contribution in [0.15, 0.2) is 6.33 Å². The summed E-state index contributed by atoms with van der Waals surface area (Å²) >= 11 is 6.10. The van der Waals surface area contributed by atoms with Gasteiger partial charge in [-0.15, -0.1) is 0 Å².